The maximum absolute atomic E-state index is 13.2. The summed E-state index contributed by atoms with van der Waals surface area (Å²) >= 11 is 3.25. The van der Waals surface area contributed by atoms with E-state index in [-0.39, 0.29) is 11.5 Å². The molecule has 1 amide bonds. The second-order valence-corrected chi connectivity index (χ2v) is 4.99. The second kappa shape index (κ2) is 5.97. The summed E-state index contributed by atoms with van der Waals surface area (Å²) in [7, 11) is 0. The van der Waals surface area contributed by atoms with Crippen molar-refractivity contribution >= 4 is 27.5 Å². The van der Waals surface area contributed by atoms with Gasteiger partial charge in [-0.25, -0.2) is 4.39 Å². The number of rotatable bonds is 3. The zero-order valence-corrected chi connectivity index (χ0v) is 12.0. The van der Waals surface area contributed by atoms with Crippen LogP contribution in [-0.4, -0.2) is 5.91 Å². The Labute approximate surface area is 119 Å². The number of halogens is 2. The summed E-state index contributed by atoms with van der Waals surface area (Å²) in [6, 6.07) is 11.6. The van der Waals surface area contributed by atoms with Crippen LogP contribution in [0.15, 0.2) is 46.9 Å². The van der Waals surface area contributed by atoms with Crippen LogP contribution < -0.4 is 5.32 Å². The van der Waals surface area contributed by atoms with Gasteiger partial charge in [-0.05, 0) is 58.2 Å². The third kappa shape index (κ3) is 3.41. The average Bonchev–Trinajstić information content (AvgIpc) is 2.41. The molecule has 0 atom stereocenters. The first-order valence-electron chi connectivity index (χ1n) is 5.95. The van der Waals surface area contributed by atoms with Gasteiger partial charge in [0.15, 0.2) is 0 Å². The van der Waals surface area contributed by atoms with Crippen LogP contribution in [0.3, 0.4) is 0 Å². The molecule has 0 aliphatic heterocycles. The Morgan fingerprint density at radius 1 is 1.26 bits per heavy atom. The van der Waals surface area contributed by atoms with E-state index in [0.717, 1.165) is 12.0 Å². The molecule has 0 saturated heterocycles. The lowest BCUT2D eigenvalue weighted by Gasteiger charge is -2.08. The van der Waals surface area contributed by atoms with Crippen molar-refractivity contribution in [1.82, 2.24) is 0 Å². The van der Waals surface area contributed by atoms with Gasteiger partial charge in [-0.3, -0.25) is 4.79 Å². The first-order chi connectivity index (χ1) is 9.10. The number of anilines is 1. The molecule has 0 aromatic heterocycles. The lowest BCUT2D eigenvalue weighted by molar-refractivity contribution is 0.102. The van der Waals surface area contributed by atoms with Crippen LogP contribution in [0.2, 0.25) is 0 Å². The molecule has 4 heteroatoms. The number of nitrogens with one attached hydrogen (secondary N) is 1. The minimum absolute atomic E-state index is 0.280. The van der Waals surface area contributed by atoms with Crippen molar-refractivity contribution in [3.63, 3.8) is 0 Å². The smallest absolute Gasteiger partial charge is 0.256 e. The first kappa shape index (κ1) is 13.7. The Morgan fingerprint density at radius 3 is 2.79 bits per heavy atom. The van der Waals surface area contributed by atoms with Crippen LogP contribution in [0.1, 0.15) is 22.8 Å². The highest BCUT2D eigenvalue weighted by Gasteiger charge is 2.11. The van der Waals surface area contributed by atoms with Gasteiger partial charge in [0.1, 0.15) is 5.82 Å². The minimum atomic E-state index is -0.435. The molecule has 1 N–H and O–H groups in total. The van der Waals surface area contributed by atoms with E-state index in [2.05, 4.69) is 21.2 Å². The molecule has 0 spiro atoms. The fourth-order valence-corrected chi connectivity index (χ4v) is 2.17. The topological polar surface area (TPSA) is 29.1 Å². The number of carbonyl (C=O) groups excluding carboxylic acids is 1. The Kier molecular flexibility index (Phi) is 4.32. The Bertz CT molecular complexity index is 613. The molecule has 2 aromatic carbocycles. The average molecular weight is 322 g/mol. The molecule has 0 fully saturated rings. The summed E-state index contributed by atoms with van der Waals surface area (Å²) in [4.78, 5) is 12.1. The molecular formula is C15H13BrFNO. The van der Waals surface area contributed by atoms with Crippen molar-refractivity contribution < 1.29 is 9.18 Å². The third-order valence-electron chi connectivity index (χ3n) is 2.77. The van der Waals surface area contributed by atoms with Crippen molar-refractivity contribution in [2.24, 2.45) is 0 Å². The fourth-order valence-electron chi connectivity index (χ4n) is 1.74. The second-order valence-electron chi connectivity index (χ2n) is 4.13. The summed E-state index contributed by atoms with van der Waals surface area (Å²) in [6.07, 6.45) is 0.896. The van der Waals surface area contributed by atoms with Gasteiger partial charge in [0.05, 0.1) is 5.56 Å². The first-order valence-corrected chi connectivity index (χ1v) is 6.75. The van der Waals surface area contributed by atoms with Crippen LogP contribution in [-0.2, 0) is 6.42 Å². The van der Waals surface area contributed by atoms with E-state index in [1.165, 1.54) is 18.2 Å². The monoisotopic (exact) mass is 321 g/mol. The maximum Gasteiger partial charge on any atom is 0.256 e. The van der Waals surface area contributed by atoms with Gasteiger partial charge < -0.3 is 5.32 Å². The van der Waals surface area contributed by atoms with Crippen LogP contribution in [0.4, 0.5) is 10.1 Å². The predicted octanol–water partition coefficient (Wildman–Crippen LogP) is 4.40. The van der Waals surface area contributed by atoms with E-state index >= 15 is 0 Å². The molecule has 0 saturated carbocycles. The predicted molar refractivity (Wildman–Crippen MR) is 77.9 cm³/mol. The van der Waals surface area contributed by atoms with Gasteiger partial charge in [-0.2, -0.15) is 0 Å². The molecule has 19 heavy (non-hydrogen) atoms. The maximum atomic E-state index is 13.2. The largest absolute Gasteiger partial charge is 0.322 e. The van der Waals surface area contributed by atoms with E-state index in [0.29, 0.717) is 10.2 Å². The summed E-state index contributed by atoms with van der Waals surface area (Å²) in [5.74, 6) is -0.768. The standard InChI is InChI=1S/C15H13BrFNO/c1-2-10-4-3-5-12(8-10)18-15(19)13-9-11(17)6-7-14(13)16/h3-9H,2H2,1H3,(H,18,19). The highest BCUT2D eigenvalue weighted by Crippen LogP contribution is 2.20. The van der Waals surface area contributed by atoms with Gasteiger partial charge in [-0.15, -0.1) is 0 Å². The van der Waals surface area contributed by atoms with E-state index in [4.69, 9.17) is 0 Å². The number of hydrogen-bond donors (Lipinski definition) is 1. The number of amides is 1. The highest BCUT2D eigenvalue weighted by atomic mass is 79.9. The zero-order chi connectivity index (χ0) is 13.8. The van der Waals surface area contributed by atoms with Gasteiger partial charge in [-0.1, -0.05) is 19.1 Å². The molecule has 2 nitrogen and oxygen atoms in total. The van der Waals surface area contributed by atoms with Crippen LogP contribution in [0, 0.1) is 5.82 Å². The van der Waals surface area contributed by atoms with E-state index in [1.54, 1.807) is 0 Å². The van der Waals surface area contributed by atoms with Gasteiger partial charge in [0.2, 0.25) is 0 Å². The number of benzene rings is 2. The van der Waals surface area contributed by atoms with Crippen molar-refractivity contribution in [3.8, 4) is 0 Å². The molecule has 0 bridgehead atoms. The van der Waals surface area contributed by atoms with E-state index in [1.807, 2.05) is 31.2 Å². The molecule has 2 aromatic rings. The van der Waals surface area contributed by atoms with Gasteiger partial charge in [0.25, 0.3) is 5.91 Å². The SMILES string of the molecule is CCc1cccc(NC(=O)c2cc(F)ccc2Br)c1. The minimum Gasteiger partial charge on any atom is -0.322 e. The van der Waals surface area contributed by atoms with Crippen LogP contribution in [0.5, 0.6) is 0 Å². The van der Waals surface area contributed by atoms with Crippen molar-refractivity contribution in [1.29, 1.82) is 0 Å². The molecule has 0 unspecified atom stereocenters. The lowest BCUT2D eigenvalue weighted by atomic mass is 10.1. The molecule has 2 rings (SSSR count). The Morgan fingerprint density at radius 2 is 2.05 bits per heavy atom. The molecule has 98 valence electrons. The van der Waals surface area contributed by atoms with E-state index in [9.17, 15) is 9.18 Å². The summed E-state index contributed by atoms with van der Waals surface area (Å²) in [5, 5.41) is 2.77. The number of carbonyl (C=O) groups is 1. The quantitative estimate of drug-likeness (QED) is 0.891. The van der Waals surface area contributed by atoms with Crippen molar-refractivity contribution in [2.45, 2.75) is 13.3 Å². The Balaban J connectivity index is 2.23. The highest BCUT2D eigenvalue weighted by molar-refractivity contribution is 9.10. The lowest BCUT2D eigenvalue weighted by Crippen LogP contribution is -2.13. The summed E-state index contributed by atoms with van der Waals surface area (Å²) in [5.41, 5.74) is 2.12. The van der Waals surface area contributed by atoms with Crippen molar-refractivity contribution in [2.75, 3.05) is 5.32 Å². The Hall–Kier alpha value is -1.68. The zero-order valence-electron chi connectivity index (χ0n) is 10.4. The van der Waals surface area contributed by atoms with Gasteiger partial charge in [0, 0.05) is 10.2 Å². The number of aryl methyl sites for hydroxylation is 1. The molecule has 0 radical (unpaired) electrons. The summed E-state index contributed by atoms with van der Waals surface area (Å²) < 4.78 is 13.7. The van der Waals surface area contributed by atoms with Crippen LogP contribution >= 0.6 is 15.9 Å². The number of hydrogen-bond acceptors (Lipinski definition) is 1. The molecular weight excluding hydrogens is 309 g/mol. The van der Waals surface area contributed by atoms with Crippen LogP contribution in [0.25, 0.3) is 0 Å². The summed E-state index contributed by atoms with van der Waals surface area (Å²) in [6.45, 7) is 2.05. The molecule has 0 aliphatic carbocycles. The normalized spacial score (nSPS) is 10.3. The molecule has 0 aliphatic rings. The van der Waals surface area contributed by atoms with Gasteiger partial charge >= 0.3 is 0 Å². The van der Waals surface area contributed by atoms with E-state index < -0.39 is 5.82 Å². The third-order valence-corrected chi connectivity index (χ3v) is 3.46. The fraction of sp³-hybridized carbons (Fsp3) is 0.133. The molecule has 0 heterocycles. The van der Waals surface area contributed by atoms with Crippen molar-refractivity contribution in [3.05, 3.63) is 63.9 Å².